The van der Waals surface area contributed by atoms with E-state index in [0.717, 1.165) is 34.8 Å². The Morgan fingerprint density at radius 3 is 2.37 bits per heavy atom. The second-order valence-corrected chi connectivity index (χ2v) is 7.40. The molecule has 0 spiro atoms. The fraction of sp³-hybridized carbons (Fsp3) is 0.400. The molecule has 0 bridgehead atoms. The first kappa shape index (κ1) is 22.1. The number of aromatic nitrogens is 1. The molecule has 1 atom stereocenters. The second kappa shape index (κ2) is 11.0. The van der Waals surface area contributed by atoms with E-state index in [0.29, 0.717) is 25.7 Å². The highest BCUT2D eigenvalue weighted by atomic mass is 16.5. The van der Waals surface area contributed by atoms with Crippen molar-refractivity contribution in [3.05, 3.63) is 71.6 Å². The Morgan fingerprint density at radius 1 is 0.967 bits per heavy atom. The molecule has 0 amide bonds. The summed E-state index contributed by atoms with van der Waals surface area (Å²) in [6.45, 7) is 9.71. The highest BCUT2D eigenvalue weighted by Gasteiger charge is 2.14. The van der Waals surface area contributed by atoms with Crippen LogP contribution >= 0.6 is 0 Å². The number of hydrogen-bond acceptors (Lipinski definition) is 5. The van der Waals surface area contributed by atoms with E-state index in [2.05, 4.69) is 17.1 Å². The summed E-state index contributed by atoms with van der Waals surface area (Å²) in [5.74, 6) is 2.17. The zero-order chi connectivity index (χ0) is 21.3. The van der Waals surface area contributed by atoms with Crippen molar-refractivity contribution in [3.8, 4) is 17.2 Å². The molecule has 3 aromatic rings. The van der Waals surface area contributed by atoms with E-state index >= 15 is 0 Å². The van der Waals surface area contributed by atoms with Crippen LogP contribution in [0.4, 0.5) is 0 Å². The van der Waals surface area contributed by atoms with Gasteiger partial charge in [-0.2, -0.15) is 0 Å². The first-order valence-electron chi connectivity index (χ1n) is 10.5. The average molecular weight is 410 g/mol. The third-order valence-electron chi connectivity index (χ3n) is 4.74. The summed E-state index contributed by atoms with van der Waals surface area (Å²) in [5.41, 5.74) is 2.89. The van der Waals surface area contributed by atoms with Crippen LogP contribution in [0.5, 0.6) is 5.75 Å². The number of aryl methyl sites for hydroxylation is 1. The van der Waals surface area contributed by atoms with Crippen molar-refractivity contribution in [1.82, 2.24) is 4.98 Å². The number of ether oxygens (including phenoxy) is 3. The second-order valence-electron chi connectivity index (χ2n) is 7.40. The van der Waals surface area contributed by atoms with Crippen molar-refractivity contribution < 1.29 is 18.6 Å². The minimum atomic E-state index is 0.0222. The quantitative estimate of drug-likeness (QED) is 0.382. The number of rotatable bonds is 11. The number of oxazole rings is 1. The van der Waals surface area contributed by atoms with Gasteiger partial charge in [0.25, 0.3) is 0 Å². The van der Waals surface area contributed by atoms with Gasteiger partial charge in [-0.15, -0.1) is 0 Å². The van der Waals surface area contributed by atoms with Gasteiger partial charge in [0.1, 0.15) is 23.8 Å². The molecule has 1 heterocycles. The Labute approximate surface area is 179 Å². The van der Waals surface area contributed by atoms with Crippen LogP contribution < -0.4 is 4.74 Å². The summed E-state index contributed by atoms with van der Waals surface area (Å²) in [6, 6.07) is 17.9. The van der Waals surface area contributed by atoms with Crippen molar-refractivity contribution in [2.75, 3.05) is 13.2 Å². The van der Waals surface area contributed by atoms with E-state index in [-0.39, 0.29) is 12.2 Å². The Balaban J connectivity index is 1.59. The molecule has 5 nitrogen and oxygen atoms in total. The molecule has 0 fully saturated rings. The van der Waals surface area contributed by atoms with E-state index in [1.165, 1.54) is 0 Å². The van der Waals surface area contributed by atoms with Gasteiger partial charge in [0.15, 0.2) is 0 Å². The van der Waals surface area contributed by atoms with Crippen molar-refractivity contribution in [1.29, 1.82) is 0 Å². The van der Waals surface area contributed by atoms with Gasteiger partial charge in [0.05, 0.1) is 12.2 Å². The Morgan fingerprint density at radius 2 is 1.70 bits per heavy atom. The Bertz CT molecular complexity index is 887. The van der Waals surface area contributed by atoms with Gasteiger partial charge >= 0.3 is 0 Å². The maximum atomic E-state index is 5.94. The van der Waals surface area contributed by atoms with Gasteiger partial charge in [-0.05, 0) is 57.5 Å². The van der Waals surface area contributed by atoms with E-state index in [1.54, 1.807) is 0 Å². The molecule has 2 aromatic carbocycles. The van der Waals surface area contributed by atoms with Crippen LogP contribution in [0, 0.1) is 6.92 Å². The van der Waals surface area contributed by atoms with E-state index < -0.39 is 0 Å². The maximum Gasteiger partial charge on any atom is 0.226 e. The molecule has 3 rings (SSSR count). The molecule has 5 heteroatoms. The summed E-state index contributed by atoms with van der Waals surface area (Å²) < 4.78 is 23.3. The number of hydrogen-bond donors (Lipinski definition) is 0. The fourth-order valence-corrected chi connectivity index (χ4v) is 3.15. The molecule has 0 saturated carbocycles. The maximum absolute atomic E-state index is 5.94. The minimum absolute atomic E-state index is 0.0222. The molecular weight excluding hydrogens is 378 g/mol. The molecule has 0 radical (unpaired) electrons. The Kier molecular flexibility index (Phi) is 8.05. The van der Waals surface area contributed by atoms with Crippen LogP contribution in [0.2, 0.25) is 0 Å². The van der Waals surface area contributed by atoms with Crippen LogP contribution in [-0.2, 0) is 16.1 Å². The number of nitrogens with zero attached hydrogens (tertiary/aromatic N) is 1. The molecule has 0 aliphatic heterocycles. The highest BCUT2D eigenvalue weighted by Crippen LogP contribution is 2.26. The third kappa shape index (κ3) is 6.18. The molecule has 0 aliphatic carbocycles. The molecule has 0 aliphatic rings. The number of benzene rings is 2. The summed E-state index contributed by atoms with van der Waals surface area (Å²) in [4.78, 5) is 4.59. The molecule has 30 heavy (non-hydrogen) atoms. The SMILES string of the molecule is CCOC(CCOC(C)C)c1ccc(OCc2nc(-c3ccccc3)oc2C)cc1. The van der Waals surface area contributed by atoms with Crippen molar-refractivity contribution in [3.63, 3.8) is 0 Å². The van der Waals surface area contributed by atoms with Gasteiger partial charge in [-0.25, -0.2) is 4.98 Å². The average Bonchev–Trinajstić information content (AvgIpc) is 3.13. The van der Waals surface area contributed by atoms with E-state index in [9.17, 15) is 0 Å². The zero-order valence-electron chi connectivity index (χ0n) is 18.3. The predicted molar refractivity (Wildman–Crippen MR) is 118 cm³/mol. The first-order valence-corrected chi connectivity index (χ1v) is 10.5. The lowest BCUT2D eigenvalue weighted by Crippen LogP contribution is -2.11. The van der Waals surface area contributed by atoms with Crippen molar-refractivity contribution in [2.45, 2.75) is 52.9 Å². The summed E-state index contributed by atoms with van der Waals surface area (Å²) >= 11 is 0. The van der Waals surface area contributed by atoms with Gasteiger partial charge in [0, 0.05) is 25.2 Å². The Hall–Kier alpha value is -2.63. The smallest absolute Gasteiger partial charge is 0.226 e. The lowest BCUT2D eigenvalue weighted by Gasteiger charge is -2.18. The standard InChI is InChI=1S/C25H31NO4/c1-5-27-24(15-16-28-18(2)3)20-11-13-22(14-12-20)29-17-23-19(4)30-25(26-23)21-9-7-6-8-10-21/h6-14,18,24H,5,15-17H2,1-4H3. The predicted octanol–water partition coefficient (Wildman–Crippen LogP) is 6.12. The molecular formula is C25H31NO4. The minimum Gasteiger partial charge on any atom is -0.487 e. The molecule has 0 saturated heterocycles. The molecule has 160 valence electrons. The summed E-state index contributed by atoms with van der Waals surface area (Å²) in [7, 11) is 0. The molecule has 1 aromatic heterocycles. The lowest BCUT2D eigenvalue weighted by atomic mass is 10.1. The van der Waals surface area contributed by atoms with Crippen LogP contribution in [0.15, 0.2) is 59.0 Å². The van der Waals surface area contributed by atoms with Crippen LogP contribution in [0.1, 0.15) is 50.3 Å². The third-order valence-corrected chi connectivity index (χ3v) is 4.74. The van der Waals surface area contributed by atoms with Crippen molar-refractivity contribution in [2.24, 2.45) is 0 Å². The lowest BCUT2D eigenvalue weighted by molar-refractivity contribution is 0.0113. The fourth-order valence-electron chi connectivity index (χ4n) is 3.15. The van der Waals surface area contributed by atoms with Crippen LogP contribution in [-0.4, -0.2) is 24.3 Å². The topological polar surface area (TPSA) is 53.7 Å². The highest BCUT2D eigenvalue weighted by molar-refractivity contribution is 5.53. The first-order chi connectivity index (χ1) is 14.6. The van der Waals surface area contributed by atoms with Gasteiger partial charge in [0.2, 0.25) is 5.89 Å². The van der Waals surface area contributed by atoms with E-state index in [1.807, 2.05) is 70.2 Å². The monoisotopic (exact) mass is 409 g/mol. The summed E-state index contributed by atoms with van der Waals surface area (Å²) in [5, 5.41) is 0. The van der Waals surface area contributed by atoms with Gasteiger partial charge in [-0.3, -0.25) is 0 Å². The largest absolute Gasteiger partial charge is 0.487 e. The van der Waals surface area contributed by atoms with Crippen molar-refractivity contribution >= 4 is 0 Å². The zero-order valence-corrected chi connectivity index (χ0v) is 18.3. The van der Waals surface area contributed by atoms with Crippen LogP contribution in [0.25, 0.3) is 11.5 Å². The summed E-state index contributed by atoms with van der Waals surface area (Å²) in [6.07, 6.45) is 1.08. The normalized spacial score (nSPS) is 12.3. The molecule has 0 N–H and O–H groups in total. The van der Waals surface area contributed by atoms with Gasteiger partial charge in [-0.1, -0.05) is 30.3 Å². The van der Waals surface area contributed by atoms with E-state index in [4.69, 9.17) is 18.6 Å². The van der Waals surface area contributed by atoms with Crippen LogP contribution in [0.3, 0.4) is 0 Å². The molecule has 1 unspecified atom stereocenters. The van der Waals surface area contributed by atoms with Gasteiger partial charge < -0.3 is 18.6 Å².